The molecule has 1 aromatic carbocycles. The van der Waals surface area contributed by atoms with Crippen molar-refractivity contribution in [3.63, 3.8) is 0 Å². The molecule has 1 aromatic rings. The second-order valence-corrected chi connectivity index (χ2v) is 5.81. The van der Waals surface area contributed by atoms with E-state index in [0.29, 0.717) is 32.2 Å². The van der Waals surface area contributed by atoms with E-state index >= 15 is 0 Å². The van der Waals surface area contributed by atoms with Crippen LogP contribution in [-0.2, 0) is 19.1 Å². The number of hydrogen-bond acceptors (Lipinski definition) is 4. The summed E-state index contributed by atoms with van der Waals surface area (Å²) in [5.74, 6) is 0.0775. The number of nitrogens with one attached hydrogen (secondary N) is 1. The van der Waals surface area contributed by atoms with E-state index in [0.717, 1.165) is 5.69 Å². The molecule has 0 radical (unpaired) electrons. The Bertz CT molecular complexity index is 522. The molecule has 0 aromatic heterocycles. The molecule has 0 bridgehead atoms. The van der Waals surface area contributed by atoms with Gasteiger partial charge in [-0.05, 0) is 23.6 Å². The molecule has 1 fully saturated rings. The number of nitrogens with zero attached hydrogens (tertiary/aromatic N) is 1. The number of benzene rings is 1. The molecule has 1 aliphatic heterocycles. The molecule has 2 rings (SSSR count). The fourth-order valence-corrected chi connectivity index (χ4v) is 2.28. The maximum absolute atomic E-state index is 11.9. The summed E-state index contributed by atoms with van der Waals surface area (Å²) in [6.07, 6.45) is 0. The van der Waals surface area contributed by atoms with E-state index in [2.05, 4.69) is 19.2 Å². The lowest BCUT2D eigenvalue weighted by Gasteiger charge is -2.26. The molecule has 1 N–H and O–H groups in total. The fraction of sp³-hybridized carbons (Fsp3) is 0.529. The lowest BCUT2D eigenvalue weighted by Crippen LogP contribution is -2.42. The average molecular weight is 320 g/mol. The minimum atomic E-state index is -0.267. The number of carbonyl (C=O) groups excluding carboxylic acids is 2. The first-order chi connectivity index (χ1) is 11.1. The molecule has 0 aliphatic carbocycles. The van der Waals surface area contributed by atoms with Gasteiger partial charge in [0.15, 0.2) is 0 Å². The Morgan fingerprint density at radius 3 is 2.43 bits per heavy atom. The van der Waals surface area contributed by atoms with Crippen LogP contribution in [0.4, 0.5) is 5.69 Å². The highest BCUT2D eigenvalue weighted by molar-refractivity contribution is 5.91. The van der Waals surface area contributed by atoms with Gasteiger partial charge >= 0.3 is 0 Å². The Balaban J connectivity index is 1.69. The lowest BCUT2D eigenvalue weighted by atomic mass is 10.0. The number of anilines is 1. The van der Waals surface area contributed by atoms with Crippen molar-refractivity contribution in [1.29, 1.82) is 0 Å². The zero-order valence-electron chi connectivity index (χ0n) is 13.7. The predicted molar refractivity (Wildman–Crippen MR) is 87.4 cm³/mol. The SMILES string of the molecule is CC(C)c1ccc(NC(=O)COCC(=O)N2CCOCC2)cc1. The summed E-state index contributed by atoms with van der Waals surface area (Å²) >= 11 is 0. The smallest absolute Gasteiger partial charge is 0.250 e. The third-order valence-electron chi connectivity index (χ3n) is 3.68. The average Bonchev–Trinajstić information content (AvgIpc) is 2.56. The van der Waals surface area contributed by atoms with E-state index in [9.17, 15) is 9.59 Å². The van der Waals surface area contributed by atoms with E-state index in [4.69, 9.17) is 9.47 Å². The van der Waals surface area contributed by atoms with Gasteiger partial charge < -0.3 is 19.7 Å². The molecule has 126 valence electrons. The van der Waals surface area contributed by atoms with Gasteiger partial charge in [0.2, 0.25) is 11.8 Å². The molecule has 6 heteroatoms. The van der Waals surface area contributed by atoms with Crippen molar-refractivity contribution in [1.82, 2.24) is 4.90 Å². The molecule has 1 saturated heterocycles. The van der Waals surface area contributed by atoms with Crippen LogP contribution in [0.25, 0.3) is 0 Å². The Morgan fingerprint density at radius 2 is 1.83 bits per heavy atom. The van der Waals surface area contributed by atoms with Crippen molar-refractivity contribution in [2.24, 2.45) is 0 Å². The highest BCUT2D eigenvalue weighted by atomic mass is 16.5. The first-order valence-corrected chi connectivity index (χ1v) is 7.89. The molecular formula is C17H24N2O4. The number of morpholine rings is 1. The van der Waals surface area contributed by atoms with Gasteiger partial charge in [-0.15, -0.1) is 0 Å². The van der Waals surface area contributed by atoms with E-state index in [-0.39, 0.29) is 25.0 Å². The fourth-order valence-electron chi connectivity index (χ4n) is 2.28. The van der Waals surface area contributed by atoms with Crippen molar-refractivity contribution < 1.29 is 19.1 Å². The van der Waals surface area contributed by atoms with Gasteiger partial charge in [-0.3, -0.25) is 9.59 Å². The summed E-state index contributed by atoms with van der Waals surface area (Å²) in [5.41, 5.74) is 1.94. The Kier molecular flexibility index (Phi) is 6.55. The van der Waals surface area contributed by atoms with Gasteiger partial charge in [-0.1, -0.05) is 26.0 Å². The standard InChI is InChI=1S/C17H24N2O4/c1-13(2)14-3-5-15(6-4-14)18-16(20)11-23-12-17(21)19-7-9-22-10-8-19/h3-6,13H,7-12H2,1-2H3,(H,18,20). The number of hydrogen-bond donors (Lipinski definition) is 1. The minimum absolute atomic E-state index is 0.0836. The lowest BCUT2D eigenvalue weighted by molar-refractivity contribution is -0.141. The molecule has 0 unspecified atom stereocenters. The van der Waals surface area contributed by atoms with Gasteiger partial charge in [0.1, 0.15) is 13.2 Å². The summed E-state index contributed by atoms with van der Waals surface area (Å²) in [5, 5.41) is 2.75. The number of ether oxygens (including phenoxy) is 2. The quantitative estimate of drug-likeness (QED) is 0.865. The molecule has 0 saturated carbocycles. The maximum Gasteiger partial charge on any atom is 0.250 e. The summed E-state index contributed by atoms with van der Waals surface area (Å²) in [7, 11) is 0. The third-order valence-corrected chi connectivity index (χ3v) is 3.68. The highest BCUT2D eigenvalue weighted by Gasteiger charge is 2.17. The van der Waals surface area contributed by atoms with Crippen LogP contribution in [0.5, 0.6) is 0 Å². The first kappa shape index (κ1) is 17.4. The summed E-state index contributed by atoms with van der Waals surface area (Å²) in [6.45, 7) is 6.28. The summed E-state index contributed by atoms with van der Waals surface area (Å²) in [6, 6.07) is 7.71. The molecule has 2 amide bonds. The van der Waals surface area contributed by atoms with Crippen LogP contribution >= 0.6 is 0 Å². The van der Waals surface area contributed by atoms with Gasteiger partial charge in [0, 0.05) is 18.8 Å². The van der Waals surface area contributed by atoms with Gasteiger partial charge in [0.05, 0.1) is 13.2 Å². The van der Waals surface area contributed by atoms with Crippen LogP contribution in [0.3, 0.4) is 0 Å². The molecule has 1 heterocycles. The van der Waals surface area contributed by atoms with Crippen molar-refractivity contribution in [2.75, 3.05) is 44.8 Å². The van der Waals surface area contributed by atoms with Crippen LogP contribution in [0, 0.1) is 0 Å². The second kappa shape index (κ2) is 8.64. The number of carbonyl (C=O) groups is 2. The highest BCUT2D eigenvalue weighted by Crippen LogP contribution is 2.16. The van der Waals surface area contributed by atoms with Crippen LogP contribution in [-0.4, -0.2) is 56.2 Å². The van der Waals surface area contributed by atoms with E-state index in [1.54, 1.807) is 4.90 Å². The summed E-state index contributed by atoms with van der Waals surface area (Å²) < 4.78 is 10.4. The van der Waals surface area contributed by atoms with Crippen LogP contribution < -0.4 is 5.32 Å². The Labute approximate surface area is 136 Å². The zero-order chi connectivity index (χ0) is 16.7. The molecular weight excluding hydrogens is 296 g/mol. The number of amides is 2. The first-order valence-electron chi connectivity index (χ1n) is 7.89. The second-order valence-electron chi connectivity index (χ2n) is 5.81. The number of rotatable bonds is 6. The Morgan fingerprint density at radius 1 is 1.17 bits per heavy atom. The van der Waals surface area contributed by atoms with Crippen molar-refractivity contribution in [3.05, 3.63) is 29.8 Å². The monoisotopic (exact) mass is 320 g/mol. The molecule has 0 atom stereocenters. The van der Waals surface area contributed by atoms with Gasteiger partial charge in [0.25, 0.3) is 0 Å². The Hall–Kier alpha value is -1.92. The maximum atomic E-state index is 11.9. The molecule has 23 heavy (non-hydrogen) atoms. The van der Waals surface area contributed by atoms with Crippen molar-refractivity contribution >= 4 is 17.5 Å². The van der Waals surface area contributed by atoms with Gasteiger partial charge in [-0.2, -0.15) is 0 Å². The zero-order valence-corrected chi connectivity index (χ0v) is 13.7. The van der Waals surface area contributed by atoms with Crippen molar-refractivity contribution in [2.45, 2.75) is 19.8 Å². The normalized spacial score (nSPS) is 14.8. The predicted octanol–water partition coefficient (Wildman–Crippen LogP) is 1.62. The van der Waals surface area contributed by atoms with Crippen LogP contribution in [0.15, 0.2) is 24.3 Å². The topological polar surface area (TPSA) is 67.9 Å². The minimum Gasteiger partial charge on any atom is -0.378 e. The van der Waals surface area contributed by atoms with E-state index < -0.39 is 0 Å². The molecule has 1 aliphatic rings. The van der Waals surface area contributed by atoms with Crippen molar-refractivity contribution in [3.8, 4) is 0 Å². The largest absolute Gasteiger partial charge is 0.378 e. The third kappa shape index (κ3) is 5.65. The van der Waals surface area contributed by atoms with Crippen LogP contribution in [0.1, 0.15) is 25.3 Å². The molecule has 6 nitrogen and oxygen atoms in total. The summed E-state index contributed by atoms with van der Waals surface area (Å²) in [4.78, 5) is 25.3. The van der Waals surface area contributed by atoms with Gasteiger partial charge in [-0.25, -0.2) is 0 Å². The van der Waals surface area contributed by atoms with E-state index in [1.165, 1.54) is 5.56 Å². The van der Waals surface area contributed by atoms with E-state index in [1.807, 2.05) is 24.3 Å². The molecule has 0 spiro atoms. The van der Waals surface area contributed by atoms with Crippen LogP contribution in [0.2, 0.25) is 0 Å².